The van der Waals surface area contributed by atoms with Gasteiger partial charge in [0.05, 0.1) is 17.1 Å². The molecule has 0 bridgehead atoms. The summed E-state index contributed by atoms with van der Waals surface area (Å²) in [5.74, 6) is 0.880. The van der Waals surface area contributed by atoms with Crippen LogP contribution in [-0.2, 0) is 13.5 Å². The molecule has 0 spiro atoms. The van der Waals surface area contributed by atoms with E-state index >= 15 is 0 Å². The number of nitrogens with zero attached hydrogens (tertiary/aromatic N) is 4. The minimum absolute atomic E-state index is 0.385. The SMILES string of the molecule is CCc1nn(C)cc1Nc1nc(C)cn1C(C)C. The Morgan fingerprint density at radius 3 is 2.67 bits per heavy atom. The van der Waals surface area contributed by atoms with Crippen molar-refractivity contribution in [2.75, 3.05) is 5.32 Å². The summed E-state index contributed by atoms with van der Waals surface area (Å²) in [7, 11) is 1.94. The van der Waals surface area contributed by atoms with E-state index in [9.17, 15) is 0 Å². The average Bonchev–Trinajstić information content (AvgIpc) is 2.82. The van der Waals surface area contributed by atoms with E-state index in [1.807, 2.05) is 24.9 Å². The van der Waals surface area contributed by atoms with Gasteiger partial charge in [-0.05, 0) is 27.2 Å². The van der Waals surface area contributed by atoms with Gasteiger partial charge < -0.3 is 9.88 Å². The molecule has 98 valence electrons. The van der Waals surface area contributed by atoms with Gasteiger partial charge in [0.1, 0.15) is 0 Å². The fourth-order valence-corrected chi connectivity index (χ4v) is 2.02. The third-order valence-electron chi connectivity index (χ3n) is 2.90. The molecule has 1 N–H and O–H groups in total. The van der Waals surface area contributed by atoms with E-state index in [4.69, 9.17) is 0 Å². The van der Waals surface area contributed by atoms with Gasteiger partial charge in [-0.25, -0.2) is 4.98 Å². The maximum absolute atomic E-state index is 4.53. The molecule has 5 heteroatoms. The molecule has 2 aromatic rings. The molecule has 0 aliphatic heterocycles. The van der Waals surface area contributed by atoms with Crippen molar-refractivity contribution in [3.8, 4) is 0 Å². The Morgan fingerprint density at radius 2 is 2.06 bits per heavy atom. The van der Waals surface area contributed by atoms with Crippen LogP contribution in [0, 0.1) is 6.92 Å². The van der Waals surface area contributed by atoms with Gasteiger partial charge in [-0.15, -0.1) is 0 Å². The lowest BCUT2D eigenvalue weighted by atomic mass is 10.3. The van der Waals surface area contributed by atoms with E-state index in [1.54, 1.807) is 0 Å². The van der Waals surface area contributed by atoms with Crippen LogP contribution < -0.4 is 5.32 Å². The summed E-state index contributed by atoms with van der Waals surface area (Å²) >= 11 is 0. The van der Waals surface area contributed by atoms with Gasteiger partial charge in [-0.1, -0.05) is 6.92 Å². The number of imidazole rings is 1. The quantitative estimate of drug-likeness (QED) is 0.903. The number of rotatable bonds is 4. The Labute approximate surface area is 108 Å². The number of nitrogens with one attached hydrogen (secondary N) is 1. The second-order valence-electron chi connectivity index (χ2n) is 4.85. The van der Waals surface area contributed by atoms with Crippen LogP contribution in [0.4, 0.5) is 11.6 Å². The van der Waals surface area contributed by atoms with Crippen LogP contribution in [0.2, 0.25) is 0 Å². The summed E-state index contributed by atoms with van der Waals surface area (Å²) in [4.78, 5) is 4.53. The Morgan fingerprint density at radius 1 is 1.33 bits per heavy atom. The topological polar surface area (TPSA) is 47.7 Å². The highest BCUT2D eigenvalue weighted by molar-refractivity contribution is 5.56. The van der Waals surface area contributed by atoms with E-state index < -0.39 is 0 Å². The molecule has 0 amide bonds. The van der Waals surface area contributed by atoms with E-state index in [0.29, 0.717) is 6.04 Å². The van der Waals surface area contributed by atoms with E-state index in [0.717, 1.165) is 29.4 Å². The molecule has 0 unspecified atom stereocenters. The number of aromatic nitrogens is 4. The third kappa shape index (κ3) is 2.39. The van der Waals surface area contributed by atoms with E-state index in [1.165, 1.54) is 0 Å². The van der Waals surface area contributed by atoms with Gasteiger partial charge in [-0.2, -0.15) is 5.10 Å². The van der Waals surface area contributed by atoms with Crippen LogP contribution in [0.1, 0.15) is 38.2 Å². The standard InChI is InChI=1S/C13H21N5/c1-6-11-12(8-17(5)16-11)15-13-14-10(4)7-18(13)9(2)3/h7-9H,6H2,1-5H3,(H,14,15). The molecule has 0 radical (unpaired) electrons. The molecule has 0 saturated carbocycles. The first-order valence-corrected chi connectivity index (χ1v) is 6.36. The number of hydrogen-bond donors (Lipinski definition) is 1. The number of aryl methyl sites for hydroxylation is 3. The zero-order valence-electron chi connectivity index (χ0n) is 11.7. The zero-order chi connectivity index (χ0) is 13.3. The summed E-state index contributed by atoms with van der Waals surface area (Å²) in [6.45, 7) is 8.41. The van der Waals surface area contributed by atoms with Gasteiger partial charge in [0.15, 0.2) is 0 Å². The second-order valence-corrected chi connectivity index (χ2v) is 4.85. The van der Waals surface area contributed by atoms with Crippen LogP contribution in [0.3, 0.4) is 0 Å². The molecular weight excluding hydrogens is 226 g/mol. The average molecular weight is 247 g/mol. The molecule has 5 nitrogen and oxygen atoms in total. The molecule has 2 rings (SSSR count). The van der Waals surface area contributed by atoms with Gasteiger partial charge in [0.2, 0.25) is 5.95 Å². The summed E-state index contributed by atoms with van der Waals surface area (Å²) < 4.78 is 3.97. The van der Waals surface area contributed by atoms with Gasteiger partial charge in [-0.3, -0.25) is 4.68 Å². The first-order chi connectivity index (χ1) is 8.51. The second kappa shape index (κ2) is 4.84. The first kappa shape index (κ1) is 12.7. The smallest absolute Gasteiger partial charge is 0.207 e. The van der Waals surface area contributed by atoms with Crippen LogP contribution in [0.25, 0.3) is 0 Å². The molecule has 2 heterocycles. The summed E-state index contributed by atoms with van der Waals surface area (Å²) in [6, 6.07) is 0.385. The van der Waals surface area contributed by atoms with Gasteiger partial charge >= 0.3 is 0 Å². The highest BCUT2D eigenvalue weighted by Gasteiger charge is 2.12. The molecule has 0 aliphatic carbocycles. The molecule has 18 heavy (non-hydrogen) atoms. The summed E-state index contributed by atoms with van der Waals surface area (Å²) in [6.07, 6.45) is 4.97. The van der Waals surface area contributed by atoms with Crippen LogP contribution in [0.15, 0.2) is 12.4 Å². The molecule has 0 atom stereocenters. The Kier molecular flexibility index (Phi) is 3.41. The van der Waals surface area contributed by atoms with Crippen molar-refractivity contribution in [3.63, 3.8) is 0 Å². The minimum Gasteiger partial charge on any atom is -0.323 e. The number of anilines is 2. The molecule has 0 aromatic carbocycles. The fourth-order valence-electron chi connectivity index (χ4n) is 2.02. The Balaban J connectivity index is 2.33. The van der Waals surface area contributed by atoms with Crippen molar-refractivity contribution in [2.24, 2.45) is 7.05 Å². The van der Waals surface area contributed by atoms with Crippen molar-refractivity contribution < 1.29 is 0 Å². The largest absolute Gasteiger partial charge is 0.323 e. The monoisotopic (exact) mass is 247 g/mol. The molecule has 0 saturated heterocycles. The van der Waals surface area contributed by atoms with Crippen molar-refractivity contribution in [3.05, 3.63) is 23.8 Å². The molecule has 0 fully saturated rings. The highest BCUT2D eigenvalue weighted by Crippen LogP contribution is 2.22. The van der Waals surface area contributed by atoms with Crippen LogP contribution >= 0.6 is 0 Å². The maximum atomic E-state index is 4.53. The van der Waals surface area contributed by atoms with Gasteiger partial charge in [0, 0.05) is 25.5 Å². The summed E-state index contributed by atoms with van der Waals surface area (Å²) in [5.41, 5.74) is 3.12. The Bertz CT molecular complexity index is 536. The minimum atomic E-state index is 0.385. The first-order valence-electron chi connectivity index (χ1n) is 6.36. The van der Waals surface area contributed by atoms with Gasteiger partial charge in [0.25, 0.3) is 0 Å². The predicted molar refractivity (Wildman–Crippen MR) is 73.2 cm³/mol. The van der Waals surface area contributed by atoms with Crippen LogP contribution in [-0.4, -0.2) is 19.3 Å². The lowest BCUT2D eigenvalue weighted by Crippen LogP contribution is -2.05. The van der Waals surface area contributed by atoms with E-state index in [-0.39, 0.29) is 0 Å². The normalized spacial score (nSPS) is 11.2. The summed E-state index contributed by atoms with van der Waals surface area (Å²) in [5, 5.41) is 7.81. The third-order valence-corrected chi connectivity index (χ3v) is 2.90. The lowest BCUT2D eigenvalue weighted by molar-refractivity contribution is 0.607. The van der Waals surface area contributed by atoms with Crippen molar-refractivity contribution in [2.45, 2.75) is 40.2 Å². The zero-order valence-corrected chi connectivity index (χ0v) is 11.7. The fraction of sp³-hybridized carbons (Fsp3) is 0.538. The Hall–Kier alpha value is -1.78. The molecule has 0 aliphatic rings. The van der Waals surface area contributed by atoms with Crippen molar-refractivity contribution >= 4 is 11.6 Å². The highest BCUT2D eigenvalue weighted by atomic mass is 15.3. The van der Waals surface area contributed by atoms with Crippen molar-refractivity contribution in [1.29, 1.82) is 0 Å². The predicted octanol–water partition coefficient (Wildman–Crippen LogP) is 2.81. The maximum Gasteiger partial charge on any atom is 0.207 e. The van der Waals surface area contributed by atoms with Crippen molar-refractivity contribution in [1.82, 2.24) is 19.3 Å². The molecular formula is C13H21N5. The van der Waals surface area contributed by atoms with E-state index in [2.05, 4.69) is 46.9 Å². The number of hydrogen-bond acceptors (Lipinski definition) is 3. The lowest BCUT2D eigenvalue weighted by Gasteiger charge is -2.12. The van der Waals surface area contributed by atoms with Crippen LogP contribution in [0.5, 0.6) is 0 Å². The molecule has 2 aromatic heterocycles.